The van der Waals surface area contributed by atoms with Gasteiger partial charge in [0.1, 0.15) is 17.5 Å². The van der Waals surface area contributed by atoms with E-state index in [9.17, 15) is 26.3 Å². The minimum Gasteiger partial charge on any atom is -0.206 e. The fourth-order valence-electron chi connectivity index (χ4n) is 4.43. The normalized spacial score (nSPS) is 18.8. The lowest BCUT2D eigenvalue weighted by atomic mass is 9.78. The van der Waals surface area contributed by atoms with E-state index < -0.39 is 34.8 Å². The lowest BCUT2D eigenvalue weighted by Crippen LogP contribution is -2.15. The maximum atomic E-state index is 14.4. The molecule has 0 saturated heterocycles. The minimum atomic E-state index is -4.82. The van der Waals surface area contributed by atoms with Crippen molar-refractivity contribution in [3.8, 4) is 11.8 Å². The lowest BCUT2D eigenvalue weighted by molar-refractivity contribution is -0.140. The SMILES string of the molecule is CCCC1CCC(CCc2cc(F)c(C#Cc3ccc(C(F)(F)F)c(F)c3)c(F)c2)CC1. The smallest absolute Gasteiger partial charge is 0.206 e. The summed E-state index contributed by atoms with van der Waals surface area (Å²) in [5, 5.41) is 0. The molecule has 2 aromatic rings. The van der Waals surface area contributed by atoms with E-state index in [2.05, 4.69) is 18.8 Å². The highest BCUT2D eigenvalue weighted by Gasteiger charge is 2.33. The number of rotatable bonds is 5. The van der Waals surface area contributed by atoms with Gasteiger partial charge in [-0.25, -0.2) is 13.2 Å². The fourth-order valence-corrected chi connectivity index (χ4v) is 4.43. The summed E-state index contributed by atoms with van der Waals surface area (Å²) in [5.41, 5.74) is -1.43. The average molecular weight is 452 g/mol. The zero-order chi connectivity index (χ0) is 23.3. The van der Waals surface area contributed by atoms with Crippen LogP contribution in [0.1, 0.15) is 74.1 Å². The molecule has 0 bridgehead atoms. The average Bonchev–Trinajstić information content (AvgIpc) is 2.72. The predicted molar refractivity (Wildman–Crippen MR) is 112 cm³/mol. The molecule has 0 heterocycles. The molecule has 2 aromatic carbocycles. The molecule has 0 unspecified atom stereocenters. The van der Waals surface area contributed by atoms with Crippen molar-refractivity contribution >= 4 is 0 Å². The first-order chi connectivity index (χ1) is 15.2. The molecule has 1 aliphatic carbocycles. The molecular weight excluding hydrogens is 426 g/mol. The van der Waals surface area contributed by atoms with Crippen LogP contribution in [0.4, 0.5) is 26.3 Å². The van der Waals surface area contributed by atoms with E-state index in [4.69, 9.17) is 0 Å². The van der Waals surface area contributed by atoms with Crippen molar-refractivity contribution in [1.82, 2.24) is 0 Å². The quantitative estimate of drug-likeness (QED) is 0.318. The first kappa shape index (κ1) is 24.2. The maximum absolute atomic E-state index is 14.4. The van der Waals surface area contributed by atoms with Crippen LogP contribution in [0.2, 0.25) is 0 Å². The number of benzene rings is 2. The van der Waals surface area contributed by atoms with Crippen LogP contribution in [0.3, 0.4) is 0 Å². The van der Waals surface area contributed by atoms with Crippen molar-refractivity contribution in [3.05, 3.63) is 70.0 Å². The van der Waals surface area contributed by atoms with Crippen molar-refractivity contribution in [2.45, 2.75) is 64.5 Å². The number of aryl methyl sites for hydroxylation is 1. The molecule has 0 N–H and O–H groups in total. The Morgan fingerprint density at radius 1 is 0.812 bits per heavy atom. The highest BCUT2D eigenvalue weighted by Crippen LogP contribution is 2.34. The van der Waals surface area contributed by atoms with E-state index in [1.807, 2.05) is 0 Å². The van der Waals surface area contributed by atoms with E-state index in [0.717, 1.165) is 31.2 Å². The molecule has 6 heteroatoms. The second-order valence-electron chi connectivity index (χ2n) is 8.59. The highest BCUT2D eigenvalue weighted by atomic mass is 19.4. The Morgan fingerprint density at radius 2 is 1.41 bits per heavy atom. The summed E-state index contributed by atoms with van der Waals surface area (Å²) in [6.07, 6.45) is 3.87. The standard InChI is InChI=1S/C26H26F6/c1-2-3-17-4-6-18(7-5-17)8-9-20-15-23(27)21(24(28)16-20)12-10-19-11-13-22(25(29)14-19)26(30,31)32/h11,13-18H,2-9H2,1H3. The third kappa shape index (κ3) is 6.31. The summed E-state index contributed by atoms with van der Waals surface area (Å²) >= 11 is 0. The molecule has 0 radical (unpaired) electrons. The van der Waals surface area contributed by atoms with Gasteiger partial charge < -0.3 is 0 Å². The monoisotopic (exact) mass is 452 g/mol. The molecule has 3 rings (SSSR count). The van der Waals surface area contributed by atoms with E-state index >= 15 is 0 Å². The van der Waals surface area contributed by atoms with E-state index in [1.54, 1.807) is 0 Å². The Morgan fingerprint density at radius 3 is 1.94 bits per heavy atom. The molecule has 1 saturated carbocycles. The van der Waals surface area contributed by atoms with Gasteiger partial charge in [0.05, 0.1) is 11.1 Å². The van der Waals surface area contributed by atoms with Crippen molar-refractivity contribution in [3.63, 3.8) is 0 Å². The van der Waals surface area contributed by atoms with Crippen molar-refractivity contribution in [2.75, 3.05) is 0 Å². The summed E-state index contributed by atoms with van der Waals surface area (Å²) < 4.78 is 80.4. The molecule has 32 heavy (non-hydrogen) atoms. The summed E-state index contributed by atoms with van der Waals surface area (Å²) in [7, 11) is 0. The van der Waals surface area contributed by atoms with Gasteiger partial charge in [-0.15, -0.1) is 0 Å². The molecule has 1 aliphatic rings. The van der Waals surface area contributed by atoms with E-state index in [1.165, 1.54) is 37.8 Å². The van der Waals surface area contributed by atoms with Gasteiger partial charge in [0.25, 0.3) is 0 Å². The van der Waals surface area contributed by atoms with E-state index in [-0.39, 0.29) is 5.56 Å². The van der Waals surface area contributed by atoms with Gasteiger partial charge in [0.15, 0.2) is 0 Å². The molecule has 1 fully saturated rings. The van der Waals surface area contributed by atoms with Crippen LogP contribution in [0.25, 0.3) is 0 Å². The molecule has 0 nitrogen and oxygen atoms in total. The van der Waals surface area contributed by atoms with Gasteiger partial charge in [-0.1, -0.05) is 57.3 Å². The van der Waals surface area contributed by atoms with Gasteiger partial charge >= 0.3 is 6.18 Å². The zero-order valence-electron chi connectivity index (χ0n) is 18.0. The largest absolute Gasteiger partial charge is 0.419 e. The van der Waals surface area contributed by atoms with Crippen molar-refractivity contribution in [2.24, 2.45) is 11.8 Å². The Labute approximate surface area is 185 Å². The zero-order valence-corrected chi connectivity index (χ0v) is 18.0. The second-order valence-corrected chi connectivity index (χ2v) is 8.59. The van der Waals surface area contributed by atoms with Gasteiger partial charge in [-0.3, -0.25) is 0 Å². The van der Waals surface area contributed by atoms with Crippen molar-refractivity contribution < 1.29 is 26.3 Å². The molecule has 0 aliphatic heterocycles. The summed E-state index contributed by atoms with van der Waals surface area (Å²) in [4.78, 5) is 0. The first-order valence-corrected chi connectivity index (χ1v) is 11.0. The van der Waals surface area contributed by atoms with Gasteiger partial charge in [-0.2, -0.15) is 13.2 Å². The van der Waals surface area contributed by atoms with Gasteiger partial charge in [-0.05, 0) is 60.6 Å². The molecule has 0 atom stereocenters. The predicted octanol–water partition coefficient (Wildman–Crippen LogP) is 8.06. The number of hydrogen-bond acceptors (Lipinski definition) is 0. The Bertz CT molecular complexity index is 965. The van der Waals surface area contributed by atoms with Crippen LogP contribution in [0.5, 0.6) is 0 Å². The summed E-state index contributed by atoms with van der Waals surface area (Å²) in [5.74, 6) is 2.87. The van der Waals surface area contributed by atoms with E-state index in [0.29, 0.717) is 30.0 Å². The third-order valence-electron chi connectivity index (χ3n) is 6.21. The van der Waals surface area contributed by atoms with Gasteiger partial charge in [0.2, 0.25) is 0 Å². The van der Waals surface area contributed by atoms with Crippen LogP contribution in [-0.2, 0) is 12.6 Å². The molecule has 0 spiro atoms. The fraction of sp³-hybridized carbons (Fsp3) is 0.462. The maximum Gasteiger partial charge on any atom is 0.419 e. The van der Waals surface area contributed by atoms with Crippen LogP contribution in [0, 0.1) is 41.1 Å². The molecule has 172 valence electrons. The summed E-state index contributed by atoms with van der Waals surface area (Å²) in [6.45, 7) is 2.20. The molecule has 0 amide bonds. The van der Waals surface area contributed by atoms with Crippen LogP contribution in [0.15, 0.2) is 30.3 Å². The number of halogens is 6. The highest BCUT2D eigenvalue weighted by molar-refractivity contribution is 5.46. The Hall–Kier alpha value is -2.42. The minimum absolute atomic E-state index is 0.1000. The number of alkyl halides is 3. The molecular formula is C26H26F6. The lowest BCUT2D eigenvalue weighted by Gasteiger charge is -2.28. The van der Waals surface area contributed by atoms with Crippen molar-refractivity contribution in [1.29, 1.82) is 0 Å². The summed E-state index contributed by atoms with van der Waals surface area (Å²) in [6, 6.07) is 4.64. The number of hydrogen-bond donors (Lipinski definition) is 0. The van der Waals surface area contributed by atoms with Crippen LogP contribution >= 0.6 is 0 Å². The Kier molecular flexibility index (Phi) is 7.92. The topological polar surface area (TPSA) is 0 Å². The van der Waals surface area contributed by atoms with Crippen LogP contribution in [-0.4, -0.2) is 0 Å². The Balaban J connectivity index is 1.65. The third-order valence-corrected chi connectivity index (χ3v) is 6.21. The van der Waals surface area contributed by atoms with Gasteiger partial charge in [0, 0.05) is 5.56 Å². The first-order valence-electron chi connectivity index (χ1n) is 11.0. The van der Waals surface area contributed by atoms with Crippen LogP contribution < -0.4 is 0 Å². The second kappa shape index (κ2) is 10.5. The molecule has 0 aromatic heterocycles.